The van der Waals surface area contributed by atoms with Crippen molar-refractivity contribution in [3.63, 3.8) is 0 Å². The molecule has 0 heterocycles. The van der Waals surface area contributed by atoms with Gasteiger partial charge in [-0.25, -0.2) is 8.78 Å². The van der Waals surface area contributed by atoms with Crippen molar-refractivity contribution in [3.8, 4) is 0 Å². The first kappa shape index (κ1) is 14.3. The molecule has 2 N–H and O–H groups in total. The lowest BCUT2D eigenvalue weighted by molar-refractivity contribution is 0.549. The van der Waals surface area contributed by atoms with Crippen molar-refractivity contribution in [1.82, 2.24) is 0 Å². The molecule has 0 spiro atoms. The summed E-state index contributed by atoms with van der Waals surface area (Å²) in [5.74, 6) is -1.04. The highest BCUT2D eigenvalue weighted by Gasteiger charge is 2.13. The van der Waals surface area contributed by atoms with Crippen LogP contribution in [0.15, 0.2) is 42.5 Å². The van der Waals surface area contributed by atoms with Gasteiger partial charge in [0.05, 0.1) is 0 Å². The van der Waals surface area contributed by atoms with Gasteiger partial charge in [0.15, 0.2) is 0 Å². The Kier molecular flexibility index (Phi) is 4.56. The highest BCUT2D eigenvalue weighted by atomic mass is 19.1. The molecule has 0 aliphatic carbocycles. The fraction of sp³-hybridized carbons (Fsp3) is 0.250. The topological polar surface area (TPSA) is 29.3 Å². The largest absolute Gasteiger partial charge is 0.399 e. The molecule has 2 nitrogen and oxygen atoms in total. The van der Waals surface area contributed by atoms with Crippen molar-refractivity contribution in [1.29, 1.82) is 0 Å². The van der Waals surface area contributed by atoms with E-state index in [1.54, 1.807) is 6.07 Å². The molecular weight excluding hydrogens is 258 g/mol. The van der Waals surface area contributed by atoms with Crippen molar-refractivity contribution < 1.29 is 8.78 Å². The van der Waals surface area contributed by atoms with Crippen LogP contribution < -0.4 is 10.6 Å². The van der Waals surface area contributed by atoms with Gasteiger partial charge in [0, 0.05) is 30.0 Å². The Morgan fingerprint density at radius 2 is 1.70 bits per heavy atom. The zero-order valence-corrected chi connectivity index (χ0v) is 11.4. The quantitative estimate of drug-likeness (QED) is 0.837. The van der Waals surface area contributed by atoms with Crippen LogP contribution in [0.3, 0.4) is 0 Å². The SMILES string of the molecule is CCCN(Cc1c(F)cccc1F)c1cccc(N)c1. The van der Waals surface area contributed by atoms with Crippen molar-refractivity contribution in [2.45, 2.75) is 19.9 Å². The Morgan fingerprint density at radius 3 is 2.30 bits per heavy atom. The zero-order valence-electron chi connectivity index (χ0n) is 11.4. The number of nitrogens with two attached hydrogens (primary N) is 1. The van der Waals surface area contributed by atoms with Gasteiger partial charge in [0.25, 0.3) is 0 Å². The molecule has 20 heavy (non-hydrogen) atoms. The molecule has 0 amide bonds. The van der Waals surface area contributed by atoms with E-state index in [1.807, 2.05) is 30.0 Å². The van der Waals surface area contributed by atoms with Crippen LogP contribution in [-0.4, -0.2) is 6.54 Å². The van der Waals surface area contributed by atoms with Gasteiger partial charge in [0.1, 0.15) is 11.6 Å². The van der Waals surface area contributed by atoms with E-state index >= 15 is 0 Å². The van der Waals surface area contributed by atoms with Gasteiger partial charge < -0.3 is 10.6 Å². The lowest BCUT2D eigenvalue weighted by Crippen LogP contribution is -2.24. The maximum atomic E-state index is 13.8. The summed E-state index contributed by atoms with van der Waals surface area (Å²) in [6, 6.07) is 11.3. The second-order valence-corrected chi connectivity index (χ2v) is 4.72. The number of halogens is 2. The van der Waals surface area contributed by atoms with Crippen molar-refractivity contribution in [2.24, 2.45) is 0 Å². The first-order valence-corrected chi connectivity index (χ1v) is 6.65. The van der Waals surface area contributed by atoms with Gasteiger partial charge in [-0.15, -0.1) is 0 Å². The Morgan fingerprint density at radius 1 is 1.05 bits per heavy atom. The maximum Gasteiger partial charge on any atom is 0.131 e. The van der Waals surface area contributed by atoms with Gasteiger partial charge in [-0.1, -0.05) is 19.1 Å². The number of rotatable bonds is 5. The van der Waals surface area contributed by atoms with Crippen LogP contribution in [0.4, 0.5) is 20.2 Å². The van der Waals surface area contributed by atoms with E-state index in [2.05, 4.69) is 0 Å². The Bertz CT molecular complexity index is 564. The van der Waals surface area contributed by atoms with E-state index in [9.17, 15) is 8.78 Å². The average molecular weight is 276 g/mol. The molecule has 4 heteroatoms. The summed E-state index contributed by atoms with van der Waals surface area (Å²) in [6.07, 6.45) is 0.880. The number of hydrogen-bond donors (Lipinski definition) is 1. The predicted octanol–water partition coefficient (Wildman–Crippen LogP) is 3.96. The summed E-state index contributed by atoms with van der Waals surface area (Å²) in [7, 11) is 0. The summed E-state index contributed by atoms with van der Waals surface area (Å²) >= 11 is 0. The molecule has 0 unspecified atom stereocenters. The number of benzene rings is 2. The summed E-state index contributed by atoms with van der Waals surface area (Å²) in [5, 5.41) is 0. The van der Waals surface area contributed by atoms with Gasteiger partial charge in [-0.3, -0.25) is 0 Å². The molecule has 0 bridgehead atoms. The number of nitrogen functional groups attached to an aromatic ring is 1. The standard InChI is InChI=1S/C16H18F2N2/c1-2-9-20(13-6-3-5-12(19)10-13)11-14-15(17)7-4-8-16(14)18/h3-8,10H,2,9,11,19H2,1H3. The highest BCUT2D eigenvalue weighted by molar-refractivity contribution is 5.56. The van der Waals surface area contributed by atoms with Crippen LogP contribution in [0.5, 0.6) is 0 Å². The monoisotopic (exact) mass is 276 g/mol. The molecule has 2 aromatic carbocycles. The Labute approximate surface area is 117 Å². The van der Waals surface area contributed by atoms with Gasteiger partial charge >= 0.3 is 0 Å². The van der Waals surface area contributed by atoms with Crippen molar-refractivity contribution >= 4 is 11.4 Å². The fourth-order valence-electron chi connectivity index (χ4n) is 2.17. The normalized spacial score (nSPS) is 10.6. The molecule has 0 aliphatic heterocycles. The van der Waals surface area contributed by atoms with Crippen LogP contribution in [0.25, 0.3) is 0 Å². The van der Waals surface area contributed by atoms with Gasteiger partial charge in [-0.2, -0.15) is 0 Å². The molecule has 0 radical (unpaired) electrons. The summed E-state index contributed by atoms with van der Waals surface area (Å²) in [5.41, 5.74) is 7.36. The van der Waals surface area contributed by atoms with E-state index in [1.165, 1.54) is 18.2 Å². The molecule has 0 aromatic heterocycles. The van der Waals surface area contributed by atoms with Crippen LogP contribution in [0.2, 0.25) is 0 Å². The Balaban J connectivity index is 2.30. The minimum absolute atomic E-state index is 0.0865. The zero-order chi connectivity index (χ0) is 14.5. The second kappa shape index (κ2) is 6.37. The predicted molar refractivity (Wildman–Crippen MR) is 78.6 cm³/mol. The van der Waals surface area contributed by atoms with Crippen LogP contribution in [0.1, 0.15) is 18.9 Å². The molecule has 0 fully saturated rings. The van der Waals surface area contributed by atoms with Gasteiger partial charge in [0.2, 0.25) is 0 Å². The minimum atomic E-state index is -0.519. The van der Waals surface area contributed by atoms with Crippen LogP contribution >= 0.6 is 0 Å². The molecule has 106 valence electrons. The summed E-state index contributed by atoms with van der Waals surface area (Å²) < 4.78 is 27.5. The maximum absolute atomic E-state index is 13.8. The summed E-state index contributed by atoms with van der Waals surface area (Å²) in [6.45, 7) is 2.92. The molecule has 0 aliphatic rings. The number of nitrogens with zero attached hydrogens (tertiary/aromatic N) is 1. The molecule has 0 saturated carbocycles. The molecule has 0 saturated heterocycles. The molecular formula is C16H18F2N2. The van der Waals surface area contributed by atoms with E-state index in [4.69, 9.17) is 5.73 Å². The third kappa shape index (κ3) is 3.26. The molecule has 0 atom stereocenters. The minimum Gasteiger partial charge on any atom is -0.399 e. The Hall–Kier alpha value is -2.10. The number of anilines is 2. The third-order valence-electron chi connectivity index (χ3n) is 3.14. The first-order valence-electron chi connectivity index (χ1n) is 6.65. The lowest BCUT2D eigenvalue weighted by Gasteiger charge is -2.25. The molecule has 2 rings (SSSR count). The van der Waals surface area contributed by atoms with Crippen LogP contribution in [-0.2, 0) is 6.54 Å². The van der Waals surface area contributed by atoms with Crippen molar-refractivity contribution in [2.75, 3.05) is 17.2 Å². The fourth-order valence-corrected chi connectivity index (χ4v) is 2.17. The number of hydrogen-bond acceptors (Lipinski definition) is 2. The smallest absolute Gasteiger partial charge is 0.131 e. The van der Waals surface area contributed by atoms with Crippen LogP contribution in [0, 0.1) is 11.6 Å². The van der Waals surface area contributed by atoms with E-state index < -0.39 is 11.6 Å². The van der Waals surface area contributed by atoms with Crippen molar-refractivity contribution in [3.05, 3.63) is 59.7 Å². The van der Waals surface area contributed by atoms with E-state index in [-0.39, 0.29) is 12.1 Å². The average Bonchev–Trinajstić information content (AvgIpc) is 2.42. The first-order chi connectivity index (χ1) is 9.61. The third-order valence-corrected chi connectivity index (χ3v) is 3.14. The lowest BCUT2D eigenvalue weighted by atomic mass is 10.1. The summed E-state index contributed by atoms with van der Waals surface area (Å²) in [4.78, 5) is 1.93. The van der Waals surface area contributed by atoms with E-state index in [0.717, 1.165) is 12.1 Å². The second-order valence-electron chi connectivity index (χ2n) is 4.72. The van der Waals surface area contributed by atoms with E-state index in [0.29, 0.717) is 12.2 Å². The molecule has 2 aromatic rings. The highest BCUT2D eigenvalue weighted by Crippen LogP contribution is 2.22. The van der Waals surface area contributed by atoms with Gasteiger partial charge in [-0.05, 0) is 36.8 Å².